The highest BCUT2D eigenvalue weighted by atomic mass is 32.1. The van der Waals surface area contributed by atoms with Crippen LogP contribution in [-0.2, 0) is 5.41 Å². The molecule has 0 radical (unpaired) electrons. The second kappa shape index (κ2) is 5.42. The van der Waals surface area contributed by atoms with Gasteiger partial charge in [0.2, 0.25) is 5.89 Å². The van der Waals surface area contributed by atoms with Crippen LogP contribution in [0.3, 0.4) is 0 Å². The Morgan fingerprint density at radius 3 is 2.57 bits per heavy atom. The molecule has 4 nitrogen and oxygen atoms in total. The first-order valence-electron chi connectivity index (χ1n) is 6.77. The van der Waals surface area contributed by atoms with Gasteiger partial charge in [0.05, 0.1) is 5.41 Å². The molecule has 3 rings (SSSR count). The zero-order valence-electron chi connectivity index (χ0n) is 12.0. The van der Waals surface area contributed by atoms with Crippen LogP contribution >= 0.6 is 11.3 Å². The van der Waals surface area contributed by atoms with Crippen molar-refractivity contribution in [1.29, 1.82) is 0 Å². The van der Waals surface area contributed by atoms with E-state index in [2.05, 4.69) is 36.1 Å². The number of hydrogen-bond acceptors (Lipinski definition) is 5. The van der Waals surface area contributed by atoms with Crippen LogP contribution in [0.4, 0.5) is 0 Å². The Kier molecular flexibility index (Phi) is 3.61. The molecule has 0 spiro atoms. The van der Waals surface area contributed by atoms with E-state index in [0.717, 1.165) is 10.4 Å². The molecular formula is C16H17N3OS. The average Bonchev–Trinajstić information content (AvgIpc) is 3.19. The van der Waals surface area contributed by atoms with Crippen molar-refractivity contribution in [2.24, 2.45) is 5.73 Å². The van der Waals surface area contributed by atoms with E-state index in [4.69, 9.17) is 10.3 Å². The lowest BCUT2D eigenvalue weighted by atomic mass is 9.84. The Morgan fingerprint density at radius 2 is 1.90 bits per heavy atom. The van der Waals surface area contributed by atoms with E-state index in [1.165, 1.54) is 0 Å². The van der Waals surface area contributed by atoms with Gasteiger partial charge >= 0.3 is 0 Å². The number of aromatic nitrogens is 2. The smallest absolute Gasteiger partial charge is 0.249 e. The van der Waals surface area contributed by atoms with Crippen molar-refractivity contribution in [3.63, 3.8) is 0 Å². The number of benzene rings is 1. The van der Waals surface area contributed by atoms with E-state index >= 15 is 0 Å². The Bertz CT molecular complexity index is 704. The van der Waals surface area contributed by atoms with Crippen molar-refractivity contribution in [2.75, 3.05) is 0 Å². The Morgan fingerprint density at radius 1 is 1.14 bits per heavy atom. The van der Waals surface area contributed by atoms with E-state index in [9.17, 15) is 0 Å². The fourth-order valence-electron chi connectivity index (χ4n) is 2.19. The summed E-state index contributed by atoms with van der Waals surface area (Å²) in [5.41, 5.74) is 6.99. The summed E-state index contributed by atoms with van der Waals surface area (Å²) >= 11 is 1.59. The molecule has 1 atom stereocenters. The van der Waals surface area contributed by atoms with Gasteiger partial charge in [-0.15, -0.1) is 11.3 Å². The lowest BCUT2D eigenvalue weighted by molar-refractivity contribution is 0.357. The predicted octanol–water partition coefficient (Wildman–Crippen LogP) is 3.51. The second-order valence-corrected chi connectivity index (χ2v) is 6.42. The fourth-order valence-corrected chi connectivity index (χ4v) is 2.91. The van der Waals surface area contributed by atoms with Crippen molar-refractivity contribution < 1.29 is 4.52 Å². The monoisotopic (exact) mass is 299 g/mol. The first kappa shape index (κ1) is 14.0. The van der Waals surface area contributed by atoms with Gasteiger partial charge in [0, 0.05) is 4.88 Å². The minimum atomic E-state index is -0.363. The van der Waals surface area contributed by atoms with Crippen molar-refractivity contribution in [2.45, 2.75) is 25.3 Å². The lowest BCUT2D eigenvalue weighted by Gasteiger charge is -2.20. The quantitative estimate of drug-likeness (QED) is 0.800. The molecule has 0 amide bonds. The van der Waals surface area contributed by atoms with Gasteiger partial charge in [-0.2, -0.15) is 4.98 Å². The lowest BCUT2D eigenvalue weighted by Crippen LogP contribution is -2.21. The van der Waals surface area contributed by atoms with Gasteiger partial charge in [-0.1, -0.05) is 41.6 Å². The molecule has 108 valence electrons. The zero-order chi connectivity index (χ0) is 14.9. The van der Waals surface area contributed by atoms with E-state index in [0.29, 0.717) is 11.7 Å². The maximum absolute atomic E-state index is 6.17. The van der Waals surface area contributed by atoms with Crippen molar-refractivity contribution >= 4 is 11.3 Å². The maximum atomic E-state index is 6.17. The number of rotatable bonds is 4. The summed E-state index contributed by atoms with van der Waals surface area (Å²) in [6.45, 7) is 4.15. The predicted molar refractivity (Wildman–Crippen MR) is 83.2 cm³/mol. The minimum Gasteiger partial charge on any atom is -0.337 e. The van der Waals surface area contributed by atoms with Crippen LogP contribution in [0.1, 0.15) is 42.0 Å². The molecule has 0 saturated carbocycles. The first-order valence-corrected chi connectivity index (χ1v) is 7.65. The molecule has 0 aliphatic heterocycles. The average molecular weight is 299 g/mol. The summed E-state index contributed by atoms with van der Waals surface area (Å²) < 4.78 is 5.38. The maximum Gasteiger partial charge on any atom is 0.249 e. The highest BCUT2D eigenvalue weighted by Gasteiger charge is 2.30. The number of nitrogens with zero attached hydrogens (tertiary/aromatic N) is 2. The van der Waals surface area contributed by atoms with Gasteiger partial charge in [0.25, 0.3) is 0 Å². The van der Waals surface area contributed by atoms with Crippen LogP contribution in [0.15, 0.2) is 52.4 Å². The summed E-state index contributed by atoms with van der Waals surface area (Å²) in [4.78, 5) is 5.53. The van der Waals surface area contributed by atoms with Crippen molar-refractivity contribution in [3.8, 4) is 0 Å². The van der Waals surface area contributed by atoms with Crippen LogP contribution in [-0.4, -0.2) is 10.1 Å². The molecule has 0 saturated heterocycles. The zero-order valence-corrected chi connectivity index (χ0v) is 12.8. The van der Waals surface area contributed by atoms with Crippen molar-refractivity contribution in [1.82, 2.24) is 10.1 Å². The number of nitrogens with two attached hydrogens (primary N) is 1. The third kappa shape index (κ3) is 2.62. The highest BCUT2D eigenvalue weighted by Crippen LogP contribution is 2.30. The van der Waals surface area contributed by atoms with Crippen LogP contribution in [0, 0.1) is 0 Å². The van der Waals surface area contributed by atoms with Crippen LogP contribution in [0.5, 0.6) is 0 Å². The van der Waals surface area contributed by atoms with E-state index in [1.807, 2.05) is 35.7 Å². The standard InChI is InChI=1S/C16H17N3OS/c1-16(2,11-7-4-3-5-8-11)15-18-14(20-19-15)13(17)12-9-6-10-21-12/h3-10,13H,17H2,1-2H3. The first-order chi connectivity index (χ1) is 10.1. The van der Waals surface area contributed by atoms with Gasteiger partial charge in [0.15, 0.2) is 5.82 Å². The SMILES string of the molecule is CC(C)(c1ccccc1)c1noc(C(N)c2cccs2)n1. The van der Waals surface area contributed by atoms with Gasteiger partial charge in [-0.25, -0.2) is 0 Å². The van der Waals surface area contributed by atoms with Crippen LogP contribution < -0.4 is 5.73 Å². The van der Waals surface area contributed by atoms with Gasteiger partial charge in [-0.3, -0.25) is 0 Å². The fraction of sp³-hybridized carbons (Fsp3) is 0.250. The summed E-state index contributed by atoms with van der Waals surface area (Å²) in [7, 11) is 0. The molecule has 2 aromatic heterocycles. The second-order valence-electron chi connectivity index (χ2n) is 5.44. The van der Waals surface area contributed by atoms with Gasteiger partial charge < -0.3 is 10.3 Å². The molecular weight excluding hydrogens is 282 g/mol. The molecule has 1 unspecified atom stereocenters. The number of hydrogen-bond donors (Lipinski definition) is 1. The van der Waals surface area contributed by atoms with E-state index in [1.54, 1.807) is 11.3 Å². The largest absolute Gasteiger partial charge is 0.337 e. The normalized spacial score (nSPS) is 13.3. The third-order valence-corrected chi connectivity index (χ3v) is 4.57. The Balaban J connectivity index is 1.91. The van der Waals surface area contributed by atoms with Crippen LogP contribution in [0.2, 0.25) is 0 Å². The third-order valence-electron chi connectivity index (χ3n) is 3.61. The summed E-state index contributed by atoms with van der Waals surface area (Å²) in [5, 5.41) is 6.12. The van der Waals surface area contributed by atoms with E-state index < -0.39 is 0 Å². The van der Waals surface area contributed by atoms with Gasteiger partial charge in [-0.05, 0) is 30.9 Å². The minimum absolute atomic E-state index is 0.321. The molecule has 2 heterocycles. The summed E-state index contributed by atoms with van der Waals surface area (Å²) in [6, 6.07) is 13.7. The molecule has 2 N–H and O–H groups in total. The molecule has 21 heavy (non-hydrogen) atoms. The molecule has 5 heteroatoms. The molecule has 1 aromatic carbocycles. The summed E-state index contributed by atoms with van der Waals surface area (Å²) in [5.74, 6) is 1.10. The molecule has 0 bridgehead atoms. The highest BCUT2D eigenvalue weighted by molar-refractivity contribution is 7.10. The Hall–Kier alpha value is -1.98. The van der Waals surface area contributed by atoms with Crippen molar-refractivity contribution in [3.05, 3.63) is 70.0 Å². The molecule has 3 aromatic rings. The summed E-state index contributed by atoms with van der Waals surface area (Å²) in [6.07, 6.45) is 0. The molecule has 0 aliphatic rings. The topological polar surface area (TPSA) is 64.9 Å². The van der Waals surface area contributed by atoms with Crippen LogP contribution in [0.25, 0.3) is 0 Å². The van der Waals surface area contributed by atoms with E-state index in [-0.39, 0.29) is 11.5 Å². The number of thiophene rings is 1. The van der Waals surface area contributed by atoms with Gasteiger partial charge in [0.1, 0.15) is 6.04 Å². The molecule has 0 fully saturated rings. The Labute approximate surface area is 127 Å². The molecule has 0 aliphatic carbocycles.